The van der Waals surface area contributed by atoms with Gasteiger partial charge in [-0.15, -0.1) is 5.10 Å². The number of allylic oxidation sites excluding steroid dienone is 1. The average Bonchev–Trinajstić information content (AvgIpc) is 2.66. The molecule has 0 bridgehead atoms. The molecule has 82 valence electrons. The number of aldehydes is 1. The second-order valence-corrected chi connectivity index (χ2v) is 3.32. The van der Waals surface area contributed by atoms with Crippen molar-refractivity contribution in [2.75, 3.05) is 5.73 Å². The van der Waals surface area contributed by atoms with Crippen molar-refractivity contribution in [1.29, 1.82) is 0 Å². The van der Waals surface area contributed by atoms with Crippen LogP contribution in [-0.4, -0.2) is 25.9 Å². The Kier molecular flexibility index (Phi) is 2.40. The van der Waals surface area contributed by atoms with Gasteiger partial charge >= 0.3 is 0 Å². The van der Waals surface area contributed by atoms with Gasteiger partial charge in [-0.2, -0.15) is 9.50 Å². The molecule has 2 aromatic heterocycles. The summed E-state index contributed by atoms with van der Waals surface area (Å²) >= 11 is 0. The van der Waals surface area contributed by atoms with Crippen LogP contribution in [0.15, 0.2) is 12.6 Å². The van der Waals surface area contributed by atoms with Crippen LogP contribution in [-0.2, 0) is 0 Å². The molecule has 0 saturated heterocycles. The van der Waals surface area contributed by atoms with Gasteiger partial charge in [0.15, 0.2) is 6.29 Å². The molecule has 0 aromatic carbocycles. The summed E-state index contributed by atoms with van der Waals surface area (Å²) in [6.07, 6.45) is 1.41. The van der Waals surface area contributed by atoms with Gasteiger partial charge in [0, 0.05) is 0 Å². The molecule has 0 spiro atoms. The fraction of sp³-hybridized carbons (Fsp3) is 0.200. The van der Waals surface area contributed by atoms with E-state index in [1.807, 2.05) is 6.92 Å². The molecule has 0 aliphatic rings. The highest BCUT2D eigenvalue weighted by molar-refractivity contribution is 5.75. The lowest BCUT2D eigenvalue weighted by Crippen LogP contribution is -2.02. The molecule has 6 nitrogen and oxygen atoms in total. The molecule has 0 aliphatic heterocycles. The van der Waals surface area contributed by atoms with E-state index in [0.29, 0.717) is 23.5 Å². The van der Waals surface area contributed by atoms with Gasteiger partial charge in [-0.25, -0.2) is 4.98 Å². The zero-order valence-corrected chi connectivity index (χ0v) is 8.84. The molecule has 2 heterocycles. The Labute approximate surface area is 91.8 Å². The molecule has 0 fully saturated rings. The van der Waals surface area contributed by atoms with Crippen molar-refractivity contribution >= 4 is 23.6 Å². The first-order valence-corrected chi connectivity index (χ1v) is 4.82. The maximum atomic E-state index is 10.7. The number of fused-ring (bicyclic) bond motifs is 1. The van der Waals surface area contributed by atoms with Crippen LogP contribution >= 0.6 is 0 Å². The monoisotopic (exact) mass is 217 g/mol. The summed E-state index contributed by atoms with van der Waals surface area (Å²) in [5.74, 6) is 0.437. The molecule has 2 rings (SSSR count). The largest absolute Gasteiger partial charge is 0.366 e. The number of hydrogen-bond acceptors (Lipinski definition) is 5. The molecule has 16 heavy (non-hydrogen) atoms. The Morgan fingerprint density at radius 2 is 2.38 bits per heavy atom. The Balaban J connectivity index is 2.77. The number of nitrogens with zero attached hydrogens (tertiary/aromatic N) is 4. The molecule has 0 aliphatic carbocycles. The summed E-state index contributed by atoms with van der Waals surface area (Å²) in [4.78, 5) is 18.6. The first kappa shape index (κ1) is 10.3. The van der Waals surface area contributed by atoms with Crippen LogP contribution in [0.4, 0.5) is 5.95 Å². The van der Waals surface area contributed by atoms with E-state index >= 15 is 0 Å². The van der Waals surface area contributed by atoms with Crippen LogP contribution in [0.1, 0.15) is 29.5 Å². The molecule has 0 radical (unpaired) electrons. The van der Waals surface area contributed by atoms with Gasteiger partial charge in [0.1, 0.15) is 5.69 Å². The second-order valence-electron chi connectivity index (χ2n) is 3.32. The first-order chi connectivity index (χ1) is 7.65. The number of nitrogens with two attached hydrogens (primary N) is 1. The molecule has 0 atom stereocenters. The van der Waals surface area contributed by atoms with Gasteiger partial charge in [-0.05, 0) is 18.1 Å². The molecule has 2 N–H and O–H groups in total. The van der Waals surface area contributed by atoms with Gasteiger partial charge in [0.25, 0.3) is 5.78 Å². The lowest BCUT2D eigenvalue weighted by molar-refractivity contribution is 0.111. The van der Waals surface area contributed by atoms with E-state index in [1.165, 1.54) is 4.52 Å². The third-order valence-corrected chi connectivity index (χ3v) is 2.26. The number of aromatic nitrogens is 4. The quantitative estimate of drug-likeness (QED) is 0.773. The van der Waals surface area contributed by atoms with Crippen LogP contribution in [0.2, 0.25) is 0 Å². The highest BCUT2D eigenvalue weighted by Gasteiger charge is 2.10. The SMILES string of the molecule is C=C(CC)c1cc(C=O)nc2nc(N)nn12. The smallest absolute Gasteiger partial charge is 0.255 e. The minimum Gasteiger partial charge on any atom is -0.366 e. The van der Waals surface area contributed by atoms with E-state index in [2.05, 4.69) is 21.6 Å². The van der Waals surface area contributed by atoms with Crippen LogP contribution < -0.4 is 5.73 Å². The Morgan fingerprint density at radius 3 is 3.00 bits per heavy atom. The molecule has 0 amide bonds. The molecule has 2 aromatic rings. The summed E-state index contributed by atoms with van der Waals surface area (Å²) in [6, 6.07) is 1.62. The van der Waals surface area contributed by atoms with Gasteiger partial charge < -0.3 is 5.73 Å². The van der Waals surface area contributed by atoms with Crippen molar-refractivity contribution in [3.05, 3.63) is 24.0 Å². The number of nitrogen functional groups attached to an aromatic ring is 1. The highest BCUT2D eigenvalue weighted by atomic mass is 16.1. The molecular weight excluding hydrogens is 206 g/mol. The molecular formula is C10H11N5O. The molecule has 0 saturated carbocycles. The standard InChI is InChI=1S/C10H11N5O/c1-3-6(2)8-4-7(5-16)12-10-13-9(11)14-15(8)10/h4-5H,2-3H2,1H3,(H2,11,14). The second kappa shape index (κ2) is 3.73. The summed E-state index contributed by atoms with van der Waals surface area (Å²) in [5, 5.41) is 4.00. The number of carbonyl (C=O) groups is 1. The van der Waals surface area contributed by atoms with Crippen LogP contribution in [0.25, 0.3) is 11.4 Å². The molecule has 0 unspecified atom stereocenters. The zero-order valence-electron chi connectivity index (χ0n) is 8.84. The van der Waals surface area contributed by atoms with Crippen molar-refractivity contribution in [3.8, 4) is 0 Å². The lowest BCUT2D eigenvalue weighted by atomic mass is 10.1. The van der Waals surface area contributed by atoms with Gasteiger partial charge in [0.2, 0.25) is 5.95 Å². The first-order valence-electron chi connectivity index (χ1n) is 4.82. The third kappa shape index (κ3) is 1.54. The van der Waals surface area contributed by atoms with Crippen LogP contribution in [0.3, 0.4) is 0 Å². The van der Waals surface area contributed by atoms with Crippen molar-refractivity contribution < 1.29 is 4.79 Å². The predicted molar refractivity (Wildman–Crippen MR) is 59.9 cm³/mol. The number of hydrogen-bond donors (Lipinski definition) is 1. The van der Waals surface area contributed by atoms with Crippen LogP contribution in [0, 0.1) is 0 Å². The van der Waals surface area contributed by atoms with Gasteiger partial charge in [0.05, 0.1) is 5.69 Å². The minimum atomic E-state index is 0.126. The third-order valence-electron chi connectivity index (χ3n) is 2.26. The maximum Gasteiger partial charge on any atom is 0.255 e. The van der Waals surface area contributed by atoms with Crippen molar-refractivity contribution in [2.45, 2.75) is 13.3 Å². The average molecular weight is 217 g/mol. The fourth-order valence-electron chi connectivity index (χ4n) is 1.40. The molecule has 6 heteroatoms. The van der Waals surface area contributed by atoms with E-state index in [-0.39, 0.29) is 5.95 Å². The predicted octanol–water partition coefficient (Wildman–Crippen LogP) is 0.942. The van der Waals surface area contributed by atoms with Crippen molar-refractivity contribution in [1.82, 2.24) is 19.6 Å². The van der Waals surface area contributed by atoms with E-state index in [1.54, 1.807) is 6.07 Å². The zero-order chi connectivity index (χ0) is 11.7. The topological polar surface area (TPSA) is 86.2 Å². The van der Waals surface area contributed by atoms with Crippen LogP contribution in [0.5, 0.6) is 0 Å². The maximum absolute atomic E-state index is 10.7. The lowest BCUT2D eigenvalue weighted by Gasteiger charge is -2.05. The summed E-state index contributed by atoms with van der Waals surface area (Å²) < 4.78 is 1.49. The number of anilines is 1. The minimum absolute atomic E-state index is 0.126. The van der Waals surface area contributed by atoms with Gasteiger partial charge in [-0.3, -0.25) is 4.79 Å². The van der Waals surface area contributed by atoms with Crippen molar-refractivity contribution in [2.24, 2.45) is 0 Å². The van der Waals surface area contributed by atoms with Crippen molar-refractivity contribution in [3.63, 3.8) is 0 Å². The summed E-state index contributed by atoms with van der Waals surface area (Å²) in [5.41, 5.74) is 7.34. The van der Waals surface area contributed by atoms with E-state index in [9.17, 15) is 4.79 Å². The fourth-order valence-corrected chi connectivity index (χ4v) is 1.40. The summed E-state index contributed by atoms with van der Waals surface area (Å²) in [7, 11) is 0. The highest BCUT2D eigenvalue weighted by Crippen LogP contribution is 2.17. The number of rotatable bonds is 3. The van der Waals surface area contributed by atoms with E-state index in [4.69, 9.17) is 5.73 Å². The van der Waals surface area contributed by atoms with E-state index < -0.39 is 0 Å². The normalized spacial score (nSPS) is 10.6. The van der Waals surface area contributed by atoms with Gasteiger partial charge in [-0.1, -0.05) is 13.5 Å². The van der Waals surface area contributed by atoms with E-state index in [0.717, 1.165) is 12.0 Å². The Bertz CT molecular complexity index is 572. The Hall–Kier alpha value is -2.24. The Morgan fingerprint density at radius 1 is 1.62 bits per heavy atom. The summed E-state index contributed by atoms with van der Waals surface area (Å²) in [6.45, 7) is 5.87. The number of carbonyl (C=O) groups excluding carboxylic acids is 1.